The number of aliphatic hydroxyl groups excluding tert-OH is 2. The lowest BCUT2D eigenvalue weighted by atomic mass is 10.1. The van der Waals surface area contributed by atoms with Crippen LogP contribution in [0, 0.1) is 5.92 Å². The van der Waals surface area contributed by atoms with Crippen molar-refractivity contribution in [2.24, 2.45) is 5.92 Å². The van der Waals surface area contributed by atoms with Crippen LogP contribution in [-0.4, -0.2) is 90.2 Å². The average Bonchev–Trinajstić information content (AvgIpc) is 2.76. The molecule has 0 unspecified atom stereocenters. The maximum Gasteiger partial charge on any atom is 0.219 e. The smallest absolute Gasteiger partial charge is 0.219 e. The standard InChI is InChI=1S/C25H42N2O5/c1-20(2)11-16-32-24-18-27(21(3)28)14-13-26(17-22-9-5-4-6-10-22)12-7-8-15-31-19-23(29)25(24)30/h4-6,9-10,20,23-25,29-30H,7-8,11-19H2,1-3H3/t23-,24-,25-/m1/s1. The molecule has 7 heteroatoms. The Morgan fingerprint density at radius 1 is 1.16 bits per heavy atom. The molecule has 0 spiro atoms. The van der Waals surface area contributed by atoms with Crippen molar-refractivity contribution in [3.63, 3.8) is 0 Å². The molecule has 0 aromatic heterocycles. The number of ether oxygens (including phenoxy) is 2. The highest BCUT2D eigenvalue weighted by Crippen LogP contribution is 2.13. The fraction of sp³-hybridized carbons (Fsp3) is 0.720. The van der Waals surface area contributed by atoms with Crippen molar-refractivity contribution >= 4 is 5.91 Å². The molecule has 0 radical (unpaired) electrons. The minimum absolute atomic E-state index is 0.0546. The third kappa shape index (κ3) is 9.96. The fourth-order valence-corrected chi connectivity index (χ4v) is 3.77. The molecular weight excluding hydrogens is 408 g/mol. The maximum atomic E-state index is 12.4. The number of hydrogen-bond acceptors (Lipinski definition) is 6. The molecule has 1 aliphatic rings. The molecular formula is C25H42N2O5. The van der Waals surface area contributed by atoms with Crippen molar-refractivity contribution in [1.29, 1.82) is 0 Å². The van der Waals surface area contributed by atoms with Crippen LogP contribution < -0.4 is 0 Å². The zero-order valence-corrected chi connectivity index (χ0v) is 20.0. The Labute approximate surface area is 193 Å². The first-order chi connectivity index (χ1) is 15.4. The molecule has 0 aliphatic carbocycles. The molecule has 1 heterocycles. The van der Waals surface area contributed by atoms with Gasteiger partial charge in [0.25, 0.3) is 0 Å². The van der Waals surface area contributed by atoms with Crippen LogP contribution in [0.5, 0.6) is 0 Å². The lowest BCUT2D eigenvalue weighted by molar-refractivity contribution is -0.140. The van der Waals surface area contributed by atoms with Crippen molar-refractivity contribution in [2.75, 3.05) is 46.0 Å². The fourth-order valence-electron chi connectivity index (χ4n) is 3.77. The maximum absolute atomic E-state index is 12.4. The number of nitrogens with zero attached hydrogens (tertiary/aromatic N) is 2. The van der Waals surface area contributed by atoms with E-state index in [1.807, 2.05) is 18.2 Å². The number of amides is 1. The van der Waals surface area contributed by atoms with Gasteiger partial charge in [0.05, 0.1) is 6.61 Å². The summed E-state index contributed by atoms with van der Waals surface area (Å²) in [5.41, 5.74) is 1.24. The summed E-state index contributed by atoms with van der Waals surface area (Å²) in [7, 11) is 0. The van der Waals surface area contributed by atoms with E-state index in [2.05, 4.69) is 30.9 Å². The van der Waals surface area contributed by atoms with E-state index >= 15 is 0 Å². The highest BCUT2D eigenvalue weighted by atomic mass is 16.5. The van der Waals surface area contributed by atoms with Crippen molar-refractivity contribution in [3.05, 3.63) is 35.9 Å². The average molecular weight is 451 g/mol. The molecule has 0 saturated carbocycles. The number of rotatable bonds is 6. The van der Waals surface area contributed by atoms with Gasteiger partial charge in [0.1, 0.15) is 18.3 Å². The lowest BCUT2D eigenvalue weighted by Gasteiger charge is -2.33. The first-order valence-electron chi connectivity index (χ1n) is 11.9. The van der Waals surface area contributed by atoms with Gasteiger partial charge in [-0.15, -0.1) is 0 Å². The summed E-state index contributed by atoms with van der Waals surface area (Å²) in [6.07, 6.45) is -0.147. The second-order valence-electron chi connectivity index (χ2n) is 9.16. The van der Waals surface area contributed by atoms with Crippen molar-refractivity contribution in [3.8, 4) is 0 Å². The summed E-state index contributed by atoms with van der Waals surface area (Å²) in [5.74, 6) is 0.404. The number of carbonyl (C=O) groups is 1. The SMILES string of the molecule is CC(=O)N1CCN(Cc2ccccc2)CCCCOC[C@@H](O)[C@@H](O)[C@H](OCCC(C)C)C1. The first-order valence-corrected chi connectivity index (χ1v) is 11.9. The predicted molar refractivity (Wildman–Crippen MR) is 125 cm³/mol. The van der Waals surface area contributed by atoms with Gasteiger partial charge in [-0.2, -0.15) is 0 Å². The van der Waals surface area contributed by atoms with Crippen molar-refractivity contribution in [1.82, 2.24) is 9.80 Å². The van der Waals surface area contributed by atoms with Gasteiger partial charge in [-0.3, -0.25) is 9.69 Å². The van der Waals surface area contributed by atoms with E-state index in [-0.39, 0.29) is 19.1 Å². The highest BCUT2D eigenvalue weighted by molar-refractivity contribution is 5.73. The van der Waals surface area contributed by atoms with Crippen LogP contribution in [0.15, 0.2) is 30.3 Å². The molecule has 0 bridgehead atoms. The molecule has 7 nitrogen and oxygen atoms in total. The van der Waals surface area contributed by atoms with E-state index in [1.165, 1.54) is 5.56 Å². The minimum atomic E-state index is -1.12. The normalized spacial score (nSPS) is 24.9. The molecule has 32 heavy (non-hydrogen) atoms. The van der Waals surface area contributed by atoms with Gasteiger partial charge in [-0.25, -0.2) is 0 Å². The van der Waals surface area contributed by atoms with Crippen LogP contribution in [0.1, 0.15) is 45.6 Å². The van der Waals surface area contributed by atoms with Crippen LogP contribution >= 0.6 is 0 Å². The highest BCUT2D eigenvalue weighted by Gasteiger charge is 2.30. The molecule has 1 amide bonds. The molecule has 2 N–H and O–H groups in total. The number of carbonyl (C=O) groups excluding carboxylic acids is 1. The Morgan fingerprint density at radius 3 is 2.59 bits per heavy atom. The van der Waals surface area contributed by atoms with Crippen LogP contribution in [0.2, 0.25) is 0 Å². The molecule has 1 fully saturated rings. The minimum Gasteiger partial charge on any atom is -0.388 e. The quantitative estimate of drug-likeness (QED) is 0.692. The Morgan fingerprint density at radius 2 is 1.91 bits per heavy atom. The lowest BCUT2D eigenvalue weighted by Crippen LogP contribution is -2.50. The van der Waals surface area contributed by atoms with Crippen LogP contribution in [-0.2, 0) is 20.8 Å². The van der Waals surface area contributed by atoms with Gasteiger partial charge in [0, 0.05) is 46.3 Å². The van der Waals surface area contributed by atoms with E-state index < -0.39 is 18.3 Å². The summed E-state index contributed by atoms with van der Waals surface area (Å²) in [6.45, 7) is 10.1. The zero-order chi connectivity index (χ0) is 23.3. The summed E-state index contributed by atoms with van der Waals surface area (Å²) in [4.78, 5) is 16.5. The second kappa shape index (κ2) is 14.6. The molecule has 1 aromatic rings. The third-order valence-corrected chi connectivity index (χ3v) is 5.88. The second-order valence-corrected chi connectivity index (χ2v) is 9.16. The van der Waals surface area contributed by atoms with Crippen LogP contribution in [0.3, 0.4) is 0 Å². The third-order valence-electron chi connectivity index (χ3n) is 5.88. The van der Waals surface area contributed by atoms with Gasteiger partial charge in [-0.1, -0.05) is 44.2 Å². The topological polar surface area (TPSA) is 82.5 Å². The Bertz CT molecular complexity index is 642. The van der Waals surface area contributed by atoms with Gasteiger partial charge in [-0.05, 0) is 37.3 Å². The van der Waals surface area contributed by atoms with E-state index in [0.29, 0.717) is 25.7 Å². The Kier molecular flexibility index (Phi) is 12.2. The van der Waals surface area contributed by atoms with Crippen molar-refractivity contribution < 1.29 is 24.5 Å². The molecule has 2 rings (SSSR count). The van der Waals surface area contributed by atoms with Gasteiger partial charge in [0.2, 0.25) is 5.91 Å². The first kappa shape index (κ1) is 26.7. The van der Waals surface area contributed by atoms with E-state index in [0.717, 1.165) is 38.9 Å². The van der Waals surface area contributed by atoms with Crippen molar-refractivity contribution in [2.45, 2.75) is 64.9 Å². The zero-order valence-electron chi connectivity index (χ0n) is 20.0. The van der Waals surface area contributed by atoms with Crippen LogP contribution in [0.25, 0.3) is 0 Å². The Hall–Kier alpha value is -1.51. The van der Waals surface area contributed by atoms with E-state index in [9.17, 15) is 15.0 Å². The molecule has 1 aromatic carbocycles. The Balaban J connectivity index is 2.10. The molecule has 1 aliphatic heterocycles. The monoisotopic (exact) mass is 450 g/mol. The predicted octanol–water partition coefficient (Wildman–Crippen LogP) is 2.30. The van der Waals surface area contributed by atoms with Gasteiger partial charge < -0.3 is 24.6 Å². The molecule has 1 saturated heterocycles. The number of aliphatic hydroxyl groups is 2. The molecule has 182 valence electrons. The largest absolute Gasteiger partial charge is 0.388 e. The summed E-state index contributed by atoms with van der Waals surface area (Å²) in [5, 5.41) is 21.2. The summed E-state index contributed by atoms with van der Waals surface area (Å²) >= 11 is 0. The van der Waals surface area contributed by atoms with E-state index in [4.69, 9.17) is 9.47 Å². The summed E-state index contributed by atoms with van der Waals surface area (Å²) in [6, 6.07) is 10.3. The van der Waals surface area contributed by atoms with Gasteiger partial charge in [0.15, 0.2) is 0 Å². The number of benzene rings is 1. The summed E-state index contributed by atoms with van der Waals surface area (Å²) < 4.78 is 11.6. The van der Waals surface area contributed by atoms with E-state index in [1.54, 1.807) is 11.8 Å². The van der Waals surface area contributed by atoms with Crippen LogP contribution in [0.4, 0.5) is 0 Å². The molecule has 3 atom stereocenters. The van der Waals surface area contributed by atoms with Gasteiger partial charge >= 0.3 is 0 Å². The number of hydrogen-bond donors (Lipinski definition) is 2.